The average Bonchev–Trinajstić information content (AvgIpc) is 2.56. The Morgan fingerprint density at radius 2 is 1.75 bits per heavy atom. The Morgan fingerprint density at radius 3 is 2.35 bits per heavy atom. The number of aliphatic hydroxyl groups excluding tert-OH is 1. The third-order valence-corrected chi connectivity index (χ3v) is 2.99. The normalized spacial score (nSPS) is 13.8. The van der Waals surface area contributed by atoms with Crippen LogP contribution in [-0.2, 0) is 6.61 Å². The maximum absolute atomic E-state index is 9.02. The molecule has 2 aromatic carbocycles. The van der Waals surface area contributed by atoms with Crippen LogP contribution >= 0.6 is 0 Å². The molecule has 2 aromatic rings. The van der Waals surface area contributed by atoms with E-state index >= 15 is 0 Å². The van der Waals surface area contributed by atoms with Crippen molar-refractivity contribution < 1.29 is 5.11 Å². The fraction of sp³-hybridized carbons (Fsp3) is 0.0667. The molecule has 1 aliphatic heterocycles. The number of rotatable bonds is 3. The molecule has 0 atom stereocenters. The van der Waals surface area contributed by atoms with Gasteiger partial charge in [0.1, 0.15) is 5.71 Å². The van der Waals surface area contributed by atoms with E-state index in [9.17, 15) is 0 Å². The van der Waals surface area contributed by atoms with Gasteiger partial charge in [-0.05, 0) is 17.7 Å². The molecule has 0 spiro atoms. The fourth-order valence-corrected chi connectivity index (χ4v) is 1.88. The summed E-state index contributed by atoms with van der Waals surface area (Å²) in [5.41, 5.74) is 6.40. The van der Waals surface area contributed by atoms with Crippen LogP contribution in [-0.4, -0.2) is 17.0 Å². The SMILES string of the molecule is OCc1ccc(N2N=CC(c3ccccc3)=NN2)cc1. The first-order valence-corrected chi connectivity index (χ1v) is 6.29. The molecule has 3 rings (SSSR count). The highest BCUT2D eigenvalue weighted by molar-refractivity contribution is 6.38. The molecular formula is C15H14N4O. The van der Waals surface area contributed by atoms with E-state index in [1.165, 1.54) is 0 Å². The lowest BCUT2D eigenvalue weighted by atomic mass is 10.1. The number of hydrazone groups is 2. The molecule has 5 heteroatoms. The van der Waals surface area contributed by atoms with Crippen LogP contribution < -0.4 is 10.7 Å². The highest BCUT2D eigenvalue weighted by Crippen LogP contribution is 2.15. The monoisotopic (exact) mass is 266 g/mol. The van der Waals surface area contributed by atoms with Crippen molar-refractivity contribution in [1.82, 2.24) is 5.53 Å². The van der Waals surface area contributed by atoms with Crippen molar-refractivity contribution in [3.05, 3.63) is 65.7 Å². The summed E-state index contributed by atoms with van der Waals surface area (Å²) < 4.78 is 0. The summed E-state index contributed by atoms with van der Waals surface area (Å²) in [6.07, 6.45) is 1.71. The molecule has 0 amide bonds. The molecule has 100 valence electrons. The first-order chi connectivity index (χ1) is 9.86. The third-order valence-electron chi connectivity index (χ3n) is 2.99. The van der Waals surface area contributed by atoms with Crippen LogP contribution in [0.5, 0.6) is 0 Å². The molecule has 0 saturated heterocycles. The van der Waals surface area contributed by atoms with Gasteiger partial charge in [-0.15, -0.1) is 0 Å². The van der Waals surface area contributed by atoms with Crippen LogP contribution in [0.25, 0.3) is 0 Å². The largest absolute Gasteiger partial charge is 0.392 e. The van der Waals surface area contributed by atoms with Crippen molar-refractivity contribution in [2.45, 2.75) is 6.61 Å². The molecule has 0 saturated carbocycles. The Bertz CT molecular complexity index is 635. The molecule has 1 aliphatic rings. The number of nitrogens with zero attached hydrogens (tertiary/aromatic N) is 3. The zero-order valence-corrected chi connectivity index (χ0v) is 10.8. The number of anilines is 1. The minimum absolute atomic E-state index is 0.0350. The number of hydrogen-bond donors (Lipinski definition) is 2. The van der Waals surface area contributed by atoms with E-state index in [-0.39, 0.29) is 6.61 Å². The highest BCUT2D eigenvalue weighted by atomic mass is 16.3. The molecule has 20 heavy (non-hydrogen) atoms. The van der Waals surface area contributed by atoms with Crippen molar-refractivity contribution in [3.63, 3.8) is 0 Å². The van der Waals surface area contributed by atoms with Gasteiger partial charge in [0.2, 0.25) is 0 Å². The van der Waals surface area contributed by atoms with Crippen LogP contribution in [0, 0.1) is 0 Å². The molecule has 2 N–H and O–H groups in total. The first-order valence-electron chi connectivity index (χ1n) is 6.29. The summed E-state index contributed by atoms with van der Waals surface area (Å²) in [5.74, 6) is 0. The summed E-state index contributed by atoms with van der Waals surface area (Å²) in [4.78, 5) is 0. The van der Waals surface area contributed by atoms with Crippen molar-refractivity contribution in [2.75, 3.05) is 5.12 Å². The van der Waals surface area contributed by atoms with Gasteiger partial charge in [-0.2, -0.15) is 20.9 Å². The number of aliphatic hydroxyl groups is 1. The van der Waals surface area contributed by atoms with Crippen LogP contribution in [0.1, 0.15) is 11.1 Å². The van der Waals surface area contributed by atoms with E-state index in [4.69, 9.17) is 5.11 Å². The van der Waals surface area contributed by atoms with Crippen molar-refractivity contribution in [2.24, 2.45) is 10.2 Å². The molecular weight excluding hydrogens is 252 g/mol. The van der Waals surface area contributed by atoms with Gasteiger partial charge in [0.25, 0.3) is 0 Å². The standard InChI is InChI=1S/C15H14N4O/c20-11-12-6-8-14(9-7-12)19-16-10-15(17-18-19)13-4-2-1-3-5-13/h1-10,18,20H,11H2. The minimum Gasteiger partial charge on any atom is -0.392 e. The molecule has 0 fully saturated rings. The van der Waals surface area contributed by atoms with Crippen molar-refractivity contribution >= 4 is 17.6 Å². The van der Waals surface area contributed by atoms with Crippen LogP contribution in [0.4, 0.5) is 5.69 Å². The lowest BCUT2D eigenvalue weighted by molar-refractivity contribution is 0.282. The second-order valence-electron chi connectivity index (χ2n) is 4.34. The van der Waals surface area contributed by atoms with E-state index in [1.807, 2.05) is 54.6 Å². The predicted octanol–water partition coefficient (Wildman–Crippen LogP) is 1.89. The predicted molar refractivity (Wildman–Crippen MR) is 79.5 cm³/mol. The molecule has 0 bridgehead atoms. The van der Waals surface area contributed by atoms with Crippen LogP contribution in [0.3, 0.4) is 0 Å². The molecule has 0 unspecified atom stereocenters. The number of hydrazine groups is 1. The van der Waals surface area contributed by atoms with Crippen molar-refractivity contribution in [3.8, 4) is 0 Å². The van der Waals surface area contributed by atoms with Crippen LogP contribution in [0.2, 0.25) is 0 Å². The van der Waals surface area contributed by atoms with E-state index in [2.05, 4.69) is 15.7 Å². The summed E-state index contributed by atoms with van der Waals surface area (Å²) in [5, 5.41) is 19.2. The second-order valence-corrected chi connectivity index (χ2v) is 4.34. The van der Waals surface area contributed by atoms with Gasteiger partial charge < -0.3 is 5.11 Å². The zero-order chi connectivity index (χ0) is 13.8. The first kappa shape index (κ1) is 12.4. The van der Waals surface area contributed by atoms with Gasteiger partial charge in [-0.1, -0.05) is 42.5 Å². The van der Waals surface area contributed by atoms with Gasteiger partial charge in [-0.25, -0.2) is 0 Å². The maximum Gasteiger partial charge on any atom is 0.112 e. The third kappa shape index (κ3) is 2.53. The topological polar surface area (TPSA) is 60.2 Å². The Hall–Kier alpha value is -2.66. The average molecular weight is 266 g/mol. The summed E-state index contributed by atoms with van der Waals surface area (Å²) in [6.45, 7) is 0.0350. The Kier molecular flexibility index (Phi) is 3.43. The number of hydrogen-bond acceptors (Lipinski definition) is 5. The summed E-state index contributed by atoms with van der Waals surface area (Å²) >= 11 is 0. The molecule has 0 aliphatic carbocycles. The van der Waals surface area contributed by atoms with E-state index < -0.39 is 0 Å². The smallest absolute Gasteiger partial charge is 0.112 e. The van der Waals surface area contributed by atoms with Gasteiger partial charge in [0, 0.05) is 5.56 Å². The van der Waals surface area contributed by atoms with Gasteiger partial charge in [0.15, 0.2) is 0 Å². The molecule has 0 aromatic heterocycles. The minimum atomic E-state index is 0.0350. The van der Waals surface area contributed by atoms with E-state index in [0.29, 0.717) is 0 Å². The zero-order valence-electron chi connectivity index (χ0n) is 10.8. The maximum atomic E-state index is 9.02. The number of benzene rings is 2. The van der Waals surface area contributed by atoms with E-state index in [1.54, 1.807) is 11.3 Å². The highest BCUT2D eigenvalue weighted by Gasteiger charge is 2.10. The lowest BCUT2D eigenvalue weighted by Crippen LogP contribution is -2.34. The molecule has 5 nitrogen and oxygen atoms in total. The fourth-order valence-electron chi connectivity index (χ4n) is 1.88. The Labute approximate surface area is 116 Å². The quantitative estimate of drug-likeness (QED) is 0.892. The van der Waals surface area contributed by atoms with Crippen LogP contribution in [0.15, 0.2) is 64.8 Å². The number of nitrogens with one attached hydrogen (secondary N) is 1. The van der Waals surface area contributed by atoms with Gasteiger partial charge in [-0.3, -0.25) is 0 Å². The Balaban J connectivity index is 1.75. The van der Waals surface area contributed by atoms with Crippen molar-refractivity contribution in [1.29, 1.82) is 0 Å². The van der Waals surface area contributed by atoms with Gasteiger partial charge in [0.05, 0.1) is 18.5 Å². The summed E-state index contributed by atoms with van der Waals surface area (Å²) in [6, 6.07) is 17.3. The second kappa shape index (κ2) is 5.54. The lowest BCUT2D eigenvalue weighted by Gasteiger charge is -2.21. The summed E-state index contributed by atoms with van der Waals surface area (Å²) in [7, 11) is 0. The molecule has 1 heterocycles. The van der Waals surface area contributed by atoms with E-state index in [0.717, 1.165) is 22.5 Å². The Morgan fingerprint density at radius 1 is 1.00 bits per heavy atom. The van der Waals surface area contributed by atoms with Gasteiger partial charge >= 0.3 is 0 Å². The molecule has 0 radical (unpaired) electrons.